The Kier molecular flexibility index (Phi) is 8.89. The van der Waals surface area contributed by atoms with Crippen LogP contribution in [0.25, 0.3) is 104 Å². The van der Waals surface area contributed by atoms with Gasteiger partial charge in [0.25, 0.3) is 0 Å². The summed E-state index contributed by atoms with van der Waals surface area (Å²) in [7, 11) is 0. The van der Waals surface area contributed by atoms with E-state index in [1.54, 1.807) is 0 Å². The van der Waals surface area contributed by atoms with E-state index in [0.29, 0.717) is 0 Å². The second kappa shape index (κ2) is 15.5. The monoisotopic (exact) mass is 838 g/mol. The molecule has 13 rings (SSSR count). The van der Waals surface area contributed by atoms with E-state index >= 15 is 0 Å². The fourth-order valence-electron chi connectivity index (χ4n) is 10.6. The van der Waals surface area contributed by atoms with Crippen LogP contribution in [0.1, 0.15) is 0 Å². The number of anilines is 3. The van der Waals surface area contributed by atoms with Crippen LogP contribution in [0.15, 0.2) is 255 Å². The Bertz CT molecular complexity index is 3880. The van der Waals surface area contributed by atoms with Gasteiger partial charge in [-0.25, -0.2) is 0 Å². The molecule has 0 fully saturated rings. The van der Waals surface area contributed by atoms with Gasteiger partial charge in [-0.3, -0.25) is 0 Å². The van der Waals surface area contributed by atoms with E-state index < -0.39 is 0 Å². The van der Waals surface area contributed by atoms with E-state index in [1.807, 2.05) is 0 Å². The minimum Gasteiger partial charge on any atom is -0.309 e. The first-order valence-electron chi connectivity index (χ1n) is 22.8. The molecule has 1 heterocycles. The maximum Gasteiger partial charge on any atom is 0.0541 e. The molecule has 0 N–H and O–H groups in total. The molecule has 13 aromatic rings. The van der Waals surface area contributed by atoms with Crippen LogP contribution < -0.4 is 4.90 Å². The SMILES string of the molecule is c1ccc(-c2cccc(-c3ccccc3N(c3ccccc3-c3ccccc3-c3ccccc3)c3ccc4ccc5c(-n6c7ccccc7c7ccccc76)ccc6ccc3c4c65)c2)cc1. The molecule has 2 heteroatoms. The molecule has 0 amide bonds. The molecule has 0 aliphatic carbocycles. The zero-order chi connectivity index (χ0) is 43.6. The van der Waals surface area contributed by atoms with Gasteiger partial charge >= 0.3 is 0 Å². The van der Waals surface area contributed by atoms with E-state index in [1.165, 1.54) is 87.6 Å². The lowest BCUT2D eigenvalue weighted by Crippen LogP contribution is -2.13. The first kappa shape index (κ1) is 37.8. The average molecular weight is 839 g/mol. The van der Waals surface area contributed by atoms with Crippen LogP contribution in [-0.2, 0) is 0 Å². The summed E-state index contributed by atoms with van der Waals surface area (Å²) in [4.78, 5) is 2.53. The van der Waals surface area contributed by atoms with Crippen LogP contribution in [0.5, 0.6) is 0 Å². The quantitative estimate of drug-likeness (QED) is 0.138. The molecule has 308 valence electrons. The minimum atomic E-state index is 1.10. The molecule has 0 unspecified atom stereocenters. The maximum atomic E-state index is 2.53. The smallest absolute Gasteiger partial charge is 0.0541 e. The van der Waals surface area contributed by atoms with Gasteiger partial charge in [-0.1, -0.05) is 212 Å². The van der Waals surface area contributed by atoms with Crippen molar-refractivity contribution in [3.8, 4) is 50.2 Å². The summed E-state index contributed by atoms with van der Waals surface area (Å²) in [6.07, 6.45) is 0. The molecule has 0 radical (unpaired) electrons. The van der Waals surface area contributed by atoms with Crippen molar-refractivity contribution in [3.63, 3.8) is 0 Å². The van der Waals surface area contributed by atoms with Gasteiger partial charge in [0.15, 0.2) is 0 Å². The van der Waals surface area contributed by atoms with Crippen LogP contribution in [0.3, 0.4) is 0 Å². The third kappa shape index (κ3) is 6.04. The first-order valence-corrected chi connectivity index (χ1v) is 22.8. The second-order valence-electron chi connectivity index (χ2n) is 17.2. The van der Waals surface area contributed by atoms with E-state index in [0.717, 1.165) is 33.8 Å². The van der Waals surface area contributed by atoms with Gasteiger partial charge in [-0.15, -0.1) is 0 Å². The van der Waals surface area contributed by atoms with Crippen molar-refractivity contribution in [1.82, 2.24) is 4.57 Å². The number of para-hydroxylation sites is 4. The van der Waals surface area contributed by atoms with Gasteiger partial charge < -0.3 is 9.47 Å². The number of hydrogen-bond acceptors (Lipinski definition) is 1. The van der Waals surface area contributed by atoms with Crippen molar-refractivity contribution in [1.29, 1.82) is 0 Å². The molecular formula is C64H42N2. The van der Waals surface area contributed by atoms with Crippen molar-refractivity contribution in [2.45, 2.75) is 0 Å². The fourth-order valence-corrected chi connectivity index (χ4v) is 10.6. The zero-order valence-corrected chi connectivity index (χ0v) is 36.1. The Labute approximate surface area is 383 Å². The third-order valence-electron chi connectivity index (χ3n) is 13.6. The number of nitrogens with zero attached hydrogens (tertiary/aromatic N) is 2. The van der Waals surface area contributed by atoms with Crippen LogP contribution in [0, 0.1) is 0 Å². The Morgan fingerprint density at radius 2 is 0.742 bits per heavy atom. The molecular weight excluding hydrogens is 797 g/mol. The summed E-state index contributed by atoms with van der Waals surface area (Å²) >= 11 is 0. The Morgan fingerprint density at radius 1 is 0.258 bits per heavy atom. The summed E-state index contributed by atoms with van der Waals surface area (Å²) in [5.74, 6) is 0. The highest BCUT2D eigenvalue weighted by molar-refractivity contribution is 6.28. The van der Waals surface area contributed by atoms with Gasteiger partial charge in [0.05, 0.1) is 33.8 Å². The van der Waals surface area contributed by atoms with Gasteiger partial charge in [0, 0.05) is 32.7 Å². The first-order chi connectivity index (χ1) is 32.8. The van der Waals surface area contributed by atoms with E-state index in [-0.39, 0.29) is 0 Å². The van der Waals surface area contributed by atoms with Crippen molar-refractivity contribution in [3.05, 3.63) is 255 Å². The molecule has 1 aromatic heterocycles. The number of rotatable bonds is 8. The van der Waals surface area contributed by atoms with E-state index in [2.05, 4.69) is 264 Å². The highest BCUT2D eigenvalue weighted by atomic mass is 15.1. The molecule has 0 spiro atoms. The fraction of sp³-hybridized carbons (Fsp3) is 0. The Hall–Kier alpha value is -8.72. The average Bonchev–Trinajstić information content (AvgIpc) is 3.73. The van der Waals surface area contributed by atoms with E-state index in [9.17, 15) is 0 Å². The lowest BCUT2D eigenvalue weighted by atomic mass is 9.90. The highest BCUT2D eigenvalue weighted by Gasteiger charge is 2.25. The summed E-state index contributed by atoms with van der Waals surface area (Å²) < 4.78 is 2.46. The molecule has 0 saturated heterocycles. The van der Waals surface area contributed by atoms with Crippen molar-refractivity contribution < 1.29 is 0 Å². The van der Waals surface area contributed by atoms with Crippen molar-refractivity contribution in [2.24, 2.45) is 0 Å². The molecule has 2 nitrogen and oxygen atoms in total. The summed E-state index contributed by atoms with van der Waals surface area (Å²) in [6, 6.07) is 93.4. The summed E-state index contributed by atoms with van der Waals surface area (Å²) in [5, 5.41) is 9.94. The normalized spacial score (nSPS) is 11.6. The van der Waals surface area contributed by atoms with Gasteiger partial charge in [0.1, 0.15) is 0 Å². The molecule has 0 atom stereocenters. The number of aromatic nitrogens is 1. The predicted molar refractivity (Wildman–Crippen MR) is 281 cm³/mol. The molecule has 0 aliphatic heterocycles. The van der Waals surface area contributed by atoms with E-state index in [4.69, 9.17) is 0 Å². The highest BCUT2D eigenvalue weighted by Crippen LogP contribution is 2.50. The van der Waals surface area contributed by atoms with Crippen molar-refractivity contribution in [2.75, 3.05) is 4.90 Å². The van der Waals surface area contributed by atoms with Crippen LogP contribution in [-0.4, -0.2) is 4.57 Å². The lowest BCUT2D eigenvalue weighted by molar-refractivity contribution is 1.20. The van der Waals surface area contributed by atoms with Crippen LogP contribution in [0.4, 0.5) is 17.1 Å². The van der Waals surface area contributed by atoms with Crippen LogP contribution in [0.2, 0.25) is 0 Å². The molecule has 0 bridgehead atoms. The predicted octanol–water partition coefficient (Wildman–Crippen LogP) is 17.8. The zero-order valence-electron chi connectivity index (χ0n) is 36.1. The van der Waals surface area contributed by atoms with Gasteiger partial charge in [0.2, 0.25) is 0 Å². The third-order valence-corrected chi connectivity index (χ3v) is 13.6. The molecule has 0 saturated carbocycles. The number of fused-ring (bicyclic) bond motifs is 3. The van der Waals surface area contributed by atoms with Gasteiger partial charge in [-0.05, 0) is 97.4 Å². The molecule has 12 aromatic carbocycles. The Balaban J connectivity index is 1.09. The standard InChI is InChI=1S/C64H42N2/c1-3-18-43(19-4-1)47-22-17-23-48(42-47)50-25-9-13-30-57(50)65(58-31-14-10-27-52(58)51-26-8-7-24-49(51)44-20-5-2-6-21-44)61-40-36-45-35-39-56-62(41-37-46-34-38-55(61)63(45)64(46)56)66-59-32-15-11-28-53(59)54-29-12-16-33-60(54)66/h1-42H. The van der Waals surface area contributed by atoms with Gasteiger partial charge in [-0.2, -0.15) is 0 Å². The number of hydrogen-bond donors (Lipinski definition) is 0. The van der Waals surface area contributed by atoms with Crippen molar-refractivity contribution >= 4 is 71.2 Å². The minimum absolute atomic E-state index is 1.10. The lowest BCUT2D eigenvalue weighted by Gasteiger charge is -2.32. The largest absolute Gasteiger partial charge is 0.309 e. The summed E-state index contributed by atoms with van der Waals surface area (Å²) in [5.41, 5.74) is 16.4. The molecule has 66 heavy (non-hydrogen) atoms. The van der Waals surface area contributed by atoms with Crippen LogP contribution >= 0.6 is 0 Å². The topological polar surface area (TPSA) is 8.17 Å². The maximum absolute atomic E-state index is 2.53. The summed E-state index contributed by atoms with van der Waals surface area (Å²) in [6.45, 7) is 0. The number of benzene rings is 12. The second-order valence-corrected chi connectivity index (χ2v) is 17.2. The molecule has 0 aliphatic rings. The Morgan fingerprint density at radius 3 is 1.45 bits per heavy atom.